The van der Waals surface area contributed by atoms with Gasteiger partial charge in [0, 0.05) is 61.3 Å². The van der Waals surface area contributed by atoms with Crippen LogP contribution in [0.15, 0.2) is 103 Å². The Morgan fingerprint density at radius 1 is 0.587 bits per heavy atom. The maximum absolute atomic E-state index is 6.90. The van der Waals surface area contributed by atoms with Crippen molar-refractivity contribution >= 4 is 44.6 Å². The van der Waals surface area contributed by atoms with Crippen LogP contribution in [-0.4, -0.2) is 9.55 Å². The summed E-state index contributed by atoms with van der Waals surface area (Å²) in [6, 6.07) is 43.2. The normalized spacial score (nSPS) is 13.6. The molecule has 5 nitrogen and oxygen atoms in total. The number of ether oxygens (including phenoxy) is 1. The summed E-state index contributed by atoms with van der Waals surface area (Å²) in [5, 5.41) is 2.29. The molecule has 0 saturated carbocycles. The first-order valence-electron chi connectivity index (χ1n) is 22.6. The first-order valence-corrected chi connectivity index (χ1v) is 22.6. The summed E-state index contributed by atoms with van der Waals surface area (Å²) in [5.74, 6) is 2.65. The third-order valence-electron chi connectivity index (χ3n) is 12.7. The van der Waals surface area contributed by atoms with Crippen molar-refractivity contribution in [2.45, 2.75) is 137 Å². The standard InChI is InChI=1S/C57H65N4O.Pt/c1-15-37(16-2)38-18-17-19-43(28-38)59-36-60(50-25-21-40(32-52(50)59)55(6,7)8)44-29-42(57(12,13)14)30-46(34-44)62-45-22-23-47-48-31-39(54(3,4)5)20-24-49(48)61(51(47)35-45)53-33-41(26-27-58-53)56(9,10)11;/h17-33,36-37H,15-16H2,1-14H3;/q-3;. The van der Waals surface area contributed by atoms with Crippen LogP contribution in [0.5, 0.6) is 11.5 Å². The summed E-state index contributed by atoms with van der Waals surface area (Å²) in [5.41, 5.74) is 12.5. The summed E-state index contributed by atoms with van der Waals surface area (Å²) in [4.78, 5) is 9.57. The Bertz CT molecular complexity index is 2780. The van der Waals surface area contributed by atoms with Gasteiger partial charge >= 0.3 is 0 Å². The number of rotatable bonds is 8. The van der Waals surface area contributed by atoms with E-state index < -0.39 is 0 Å². The van der Waals surface area contributed by atoms with E-state index in [1.165, 1.54) is 27.6 Å². The average Bonchev–Trinajstić information content (AvgIpc) is 3.75. The third kappa shape index (κ3) is 9.10. The molecule has 0 N–H and O–H groups in total. The first kappa shape index (κ1) is 46.1. The molecule has 7 aromatic rings. The minimum absolute atomic E-state index is 0. The van der Waals surface area contributed by atoms with E-state index in [1.807, 2.05) is 12.3 Å². The molecule has 3 heterocycles. The first-order chi connectivity index (χ1) is 29.1. The van der Waals surface area contributed by atoms with E-state index >= 15 is 0 Å². The molecule has 8 rings (SSSR count). The minimum atomic E-state index is -0.154. The van der Waals surface area contributed by atoms with E-state index in [9.17, 15) is 0 Å². The van der Waals surface area contributed by atoms with Crippen LogP contribution in [0.25, 0.3) is 27.6 Å². The summed E-state index contributed by atoms with van der Waals surface area (Å²) >= 11 is 0. The monoisotopic (exact) mass is 1020 g/mol. The van der Waals surface area contributed by atoms with Crippen LogP contribution < -0.4 is 14.5 Å². The van der Waals surface area contributed by atoms with Crippen molar-refractivity contribution in [1.82, 2.24) is 9.55 Å². The number of hydrogen-bond donors (Lipinski definition) is 0. The fourth-order valence-electron chi connectivity index (χ4n) is 8.67. The Morgan fingerprint density at radius 2 is 1.24 bits per heavy atom. The van der Waals surface area contributed by atoms with Crippen molar-refractivity contribution < 1.29 is 25.8 Å². The van der Waals surface area contributed by atoms with Gasteiger partial charge in [0.05, 0.1) is 0 Å². The van der Waals surface area contributed by atoms with Gasteiger partial charge in [0.25, 0.3) is 0 Å². The average molecular weight is 1020 g/mol. The number of fused-ring (bicyclic) bond motifs is 4. The predicted molar refractivity (Wildman–Crippen MR) is 262 cm³/mol. The van der Waals surface area contributed by atoms with Crippen molar-refractivity contribution in [3.05, 3.63) is 150 Å². The van der Waals surface area contributed by atoms with Crippen LogP contribution in [0.4, 0.5) is 22.7 Å². The molecule has 0 aliphatic carbocycles. The second kappa shape index (κ2) is 16.9. The number of pyridine rings is 1. The number of benzene rings is 5. The van der Waals surface area contributed by atoms with Crippen LogP contribution in [0.3, 0.4) is 0 Å². The Labute approximate surface area is 392 Å². The van der Waals surface area contributed by atoms with Gasteiger partial charge in [-0.15, -0.1) is 53.6 Å². The molecule has 0 spiro atoms. The summed E-state index contributed by atoms with van der Waals surface area (Å²) in [6.07, 6.45) is 4.15. The molecule has 63 heavy (non-hydrogen) atoms. The fraction of sp³-hybridized carbons (Fsp3) is 0.368. The number of hydrogen-bond acceptors (Lipinski definition) is 4. The van der Waals surface area contributed by atoms with E-state index in [0.29, 0.717) is 17.4 Å². The largest absolute Gasteiger partial charge is 0.509 e. The van der Waals surface area contributed by atoms with Gasteiger partial charge in [-0.3, -0.25) is 0 Å². The summed E-state index contributed by atoms with van der Waals surface area (Å²) in [7, 11) is 0. The van der Waals surface area contributed by atoms with E-state index in [4.69, 9.17) is 9.72 Å². The Hall–Kier alpha value is -4.86. The second-order valence-electron chi connectivity index (χ2n) is 21.4. The van der Waals surface area contributed by atoms with Crippen molar-refractivity contribution in [3.8, 4) is 17.3 Å². The number of aromatic nitrogens is 2. The van der Waals surface area contributed by atoms with Gasteiger partial charge < -0.3 is 19.1 Å². The zero-order valence-corrected chi connectivity index (χ0v) is 42.2. The zero-order chi connectivity index (χ0) is 44.5. The van der Waals surface area contributed by atoms with Crippen molar-refractivity contribution in [2.24, 2.45) is 0 Å². The number of nitrogens with zero attached hydrogens (tertiary/aromatic N) is 4. The van der Waals surface area contributed by atoms with Crippen LogP contribution in [-0.2, 0) is 42.7 Å². The summed E-state index contributed by atoms with van der Waals surface area (Å²) < 4.78 is 9.14. The molecule has 0 bridgehead atoms. The molecule has 332 valence electrons. The van der Waals surface area contributed by atoms with Gasteiger partial charge in [0.15, 0.2) is 0 Å². The molecule has 0 radical (unpaired) electrons. The molecule has 6 heteroatoms. The van der Waals surface area contributed by atoms with Crippen LogP contribution in [0.1, 0.15) is 144 Å². The molecular formula is C57H65N4OPt-3. The van der Waals surface area contributed by atoms with Gasteiger partial charge in [0.2, 0.25) is 0 Å². The van der Waals surface area contributed by atoms with Crippen molar-refractivity contribution in [3.63, 3.8) is 0 Å². The molecule has 1 aliphatic heterocycles. The molecule has 0 amide bonds. The van der Waals surface area contributed by atoms with E-state index in [0.717, 1.165) is 63.4 Å². The van der Waals surface area contributed by atoms with Gasteiger partial charge in [0.1, 0.15) is 5.82 Å². The SMILES string of the molecule is CCC(CC)c1cccc(N2[CH-]N(c3[c-]c(Oc4[c-]c5c(cc4)c4cc(C(C)(C)C)ccc4n5-c4cc(C(C)(C)C)ccn4)cc(C(C)(C)C)c3)c3ccc(C(C)(C)C)cc32)c1.[Pt]. The van der Waals surface area contributed by atoms with E-state index in [1.54, 1.807) is 0 Å². The Kier molecular flexibility index (Phi) is 12.4. The molecule has 0 unspecified atom stereocenters. The maximum atomic E-state index is 6.90. The zero-order valence-electron chi connectivity index (χ0n) is 39.9. The minimum Gasteiger partial charge on any atom is -0.509 e. The predicted octanol–water partition coefficient (Wildman–Crippen LogP) is 16.1. The Morgan fingerprint density at radius 3 is 1.90 bits per heavy atom. The topological polar surface area (TPSA) is 33.5 Å². The van der Waals surface area contributed by atoms with Gasteiger partial charge in [-0.25, -0.2) is 4.98 Å². The van der Waals surface area contributed by atoms with Crippen LogP contribution in [0.2, 0.25) is 0 Å². The Balaban J connectivity index is 0.00000595. The van der Waals surface area contributed by atoms with Gasteiger partial charge in [-0.05, 0) is 111 Å². The van der Waals surface area contributed by atoms with E-state index in [2.05, 4.69) is 221 Å². The number of anilines is 4. The molecule has 0 atom stereocenters. The quantitative estimate of drug-likeness (QED) is 0.142. The van der Waals surface area contributed by atoms with Gasteiger partial charge in [-0.1, -0.05) is 133 Å². The molecule has 2 aromatic heterocycles. The third-order valence-corrected chi connectivity index (χ3v) is 12.7. The molecule has 5 aromatic carbocycles. The van der Waals surface area contributed by atoms with Gasteiger partial charge in [-0.2, -0.15) is 6.07 Å². The molecular weight excluding hydrogens is 952 g/mol. The van der Waals surface area contributed by atoms with Crippen molar-refractivity contribution in [1.29, 1.82) is 0 Å². The van der Waals surface area contributed by atoms with Crippen LogP contribution in [0, 0.1) is 18.8 Å². The van der Waals surface area contributed by atoms with Crippen LogP contribution >= 0.6 is 0 Å². The van der Waals surface area contributed by atoms with E-state index in [-0.39, 0.29) is 42.7 Å². The molecule has 0 saturated heterocycles. The summed E-state index contributed by atoms with van der Waals surface area (Å²) in [6.45, 7) is 33.9. The fourth-order valence-corrected chi connectivity index (χ4v) is 8.67. The second-order valence-corrected chi connectivity index (χ2v) is 21.4. The molecule has 1 aliphatic rings. The molecule has 0 fully saturated rings. The van der Waals surface area contributed by atoms with Crippen molar-refractivity contribution in [2.75, 3.05) is 9.80 Å². The smallest absolute Gasteiger partial charge is 0.135 e. The maximum Gasteiger partial charge on any atom is 0.135 e.